The van der Waals surface area contributed by atoms with Crippen LogP contribution in [-0.2, 0) is 28.7 Å². The Labute approximate surface area is 304 Å². The third kappa shape index (κ3) is 32.7. The number of hydrogen-bond donors (Lipinski definition) is 2. The number of carbonyl (C=O) groups is 4. The van der Waals surface area contributed by atoms with Crippen molar-refractivity contribution in [2.75, 3.05) is 13.2 Å². The number of carboxylic acid groups (broad SMARTS) is 1. The van der Waals surface area contributed by atoms with Crippen molar-refractivity contribution in [3.05, 3.63) is 4.91 Å². The Morgan fingerprint density at radius 3 is 1.32 bits per heavy atom. The van der Waals surface area contributed by atoms with Crippen LogP contribution in [0.4, 0.5) is 0 Å². The van der Waals surface area contributed by atoms with Gasteiger partial charge >= 0.3 is 17.9 Å². The van der Waals surface area contributed by atoms with Gasteiger partial charge in [0.25, 0.3) is 0 Å². The second-order valence-electron chi connectivity index (χ2n) is 14.1. The van der Waals surface area contributed by atoms with Crippen LogP contribution in [0.2, 0.25) is 0 Å². The summed E-state index contributed by atoms with van der Waals surface area (Å²) in [6.45, 7) is 4.10. The van der Waals surface area contributed by atoms with Gasteiger partial charge < -0.3 is 19.9 Å². The molecular formula is C40H74N2O8. The van der Waals surface area contributed by atoms with Crippen LogP contribution in [0, 0.1) is 4.91 Å². The van der Waals surface area contributed by atoms with Gasteiger partial charge in [-0.15, -0.1) is 4.91 Å². The lowest BCUT2D eigenvalue weighted by Gasteiger charge is -2.19. The average Bonchev–Trinajstić information content (AvgIpc) is 3.10. The predicted molar refractivity (Wildman–Crippen MR) is 201 cm³/mol. The Hall–Kier alpha value is -2.52. The summed E-state index contributed by atoms with van der Waals surface area (Å²) in [7, 11) is 0. The number of unbranched alkanes of at least 4 members (excludes halogenated alkanes) is 24. The number of carboxylic acids is 1. The van der Waals surface area contributed by atoms with Gasteiger partial charge in [0, 0.05) is 19.3 Å². The zero-order valence-corrected chi connectivity index (χ0v) is 32.0. The van der Waals surface area contributed by atoms with Gasteiger partial charge in [0.2, 0.25) is 5.91 Å². The molecule has 0 aromatic rings. The number of nitrogens with zero attached hydrogens (tertiary/aromatic N) is 1. The molecule has 0 heterocycles. The molecular weight excluding hydrogens is 636 g/mol. The van der Waals surface area contributed by atoms with Crippen LogP contribution in [0.3, 0.4) is 0 Å². The maximum Gasteiger partial charge on any atom is 0.306 e. The van der Waals surface area contributed by atoms with E-state index in [-0.39, 0.29) is 44.8 Å². The van der Waals surface area contributed by atoms with Crippen molar-refractivity contribution in [3.8, 4) is 0 Å². The Bertz CT molecular complexity index is 853. The van der Waals surface area contributed by atoms with E-state index in [1.807, 2.05) is 0 Å². The van der Waals surface area contributed by atoms with Gasteiger partial charge in [-0.3, -0.25) is 19.2 Å². The van der Waals surface area contributed by atoms with E-state index < -0.39 is 30.0 Å². The lowest BCUT2D eigenvalue weighted by molar-refractivity contribution is -0.159. The van der Waals surface area contributed by atoms with Crippen molar-refractivity contribution in [1.82, 2.24) is 5.32 Å². The molecule has 2 atom stereocenters. The molecule has 2 N–H and O–H groups in total. The zero-order chi connectivity index (χ0) is 36.9. The minimum Gasteiger partial charge on any atom is -0.481 e. The Morgan fingerprint density at radius 1 is 0.560 bits per heavy atom. The van der Waals surface area contributed by atoms with Crippen molar-refractivity contribution in [2.24, 2.45) is 5.18 Å². The van der Waals surface area contributed by atoms with Crippen molar-refractivity contribution in [3.63, 3.8) is 0 Å². The molecule has 0 aliphatic carbocycles. The van der Waals surface area contributed by atoms with Gasteiger partial charge in [0.05, 0.1) is 6.54 Å². The van der Waals surface area contributed by atoms with E-state index >= 15 is 0 Å². The summed E-state index contributed by atoms with van der Waals surface area (Å²) in [5.74, 6) is -2.71. The van der Waals surface area contributed by atoms with Gasteiger partial charge in [-0.05, 0) is 19.3 Å². The smallest absolute Gasteiger partial charge is 0.306 e. The quantitative estimate of drug-likeness (QED) is 0.0365. The first kappa shape index (κ1) is 47.5. The number of ether oxygens (including phenoxy) is 2. The van der Waals surface area contributed by atoms with Crippen molar-refractivity contribution < 1.29 is 33.8 Å². The molecule has 50 heavy (non-hydrogen) atoms. The summed E-state index contributed by atoms with van der Waals surface area (Å²) >= 11 is 0. The fraction of sp³-hybridized carbons (Fsp3) is 0.900. The van der Waals surface area contributed by atoms with Crippen LogP contribution >= 0.6 is 0 Å². The number of hydrogen-bond acceptors (Lipinski definition) is 8. The molecule has 0 spiro atoms. The molecule has 0 saturated carbocycles. The highest BCUT2D eigenvalue weighted by atomic mass is 16.6. The molecule has 0 fully saturated rings. The number of rotatable bonds is 38. The summed E-state index contributed by atoms with van der Waals surface area (Å²) < 4.78 is 11.0. The maximum atomic E-state index is 12.6. The average molecular weight is 711 g/mol. The van der Waals surface area contributed by atoms with Crippen LogP contribution in [0.1, 0.15) is 206 Å². The number of nitroso groups, excluding NO2 is 1. The summed E-state index contributed by atoms with van der Waals surface area (Å²) in [4.78, 5) is 59.4. The third-order valence-corrected chi connectivity index (χ3v) is 9.26. The van der Waals surface area contributed by atoms with Crippen molar-refractivity contribution in [2.45, 2.75) is 219 Å². The van der Waals surface area contributed by atoms with E-state index in [4.69, 9.17) is 14.6 Å². The third-order valence-electron chi connectivity index (χ3n) is 9.26. The Morgan fingerprint density at radius 2 is 0.940 bits per heavy atom. The minimum atomic E-state index is -1.37. The number of esters is 2. The molecule has 0 aromatic heterocycles. The van der Waals surface area contributed by atoms with Gasteiger partial charge in [-0.25, -0.2) is 0 Å². The maximum absolute atomic E-state index is 12.6. The lowest BCUT2D eigenvalue weighted by Crippen LogP contribution is -2.42. The highest BCUT2D eigenvalue weighted by molar-refractivity contribution is 5.82. The molecule has 2 unspecified atom stereocenters. The van der Waals surface area contributed by atoms with Crippen LogP contribution in [0.25, 0.3) is 0 Å². The molecule has 0 aliphatic heterocycles. The van der Waals surface area contributed by atoms with Gasteiger partial charge in [0.15, 0.2) is 12.1 Å². The zero-order valence-electron chi connectivity index (χ0n) is 32.0. The number of amides is 1. The van der Waals surface area contributed by atoms with Crippen molar-refractivity contribution in [1.29, 1.82) is 0 Å². The highest BCUT2D eigenvalue weighted by Gasteiger charge is 2.23. The molecule has 0 rings (SSSR count). The van der Waals surface area contributed by atoms with Crippen LogP contribution in [-0.4, -0.2) is 54.2 Å². The first-order chi connectivity index (χ1) is 24.3. The summed E-state index contributed by atoms with van der Waals surface area (Å²) in [5.41, 5.74) is 0. The normalized spacial score (nSPS) is 12.3. The van der Waals surface area contributed by atoms with Crippen LogP contribution in [0.5, 0.6) is 0 Å². The van der Waals surface area contributed by atoms with E-state index in [1.54, 1.807) is 0 Å². The van der Waals surface area contributed by atoms with Gasteiger partial charge in [-0.1, -0.05) is 173 Å². The SMILES string of the molecule is CCCCCCCCCCCCCCCC(=O)OCC(CNC(=O)C(CCC(=O)O)N=O)OC(=O)CCCCCCCCCCCCCCC. The Balaban J connectivity index is 4.39. The van der Waals surface area contributed by atoms with E-state index in [9.17, 15) is 24.1 Å². The largest absolute Gasteiger partial charge is 0.481 e. The number of aliphatic carboxylic acids is 1. The van der Waals surface area contributed by atoms with E-state index in [0.29, 0.717) is 6.42 Å². The number of nitrogens with one attached hydrogen (secondary N) is 1. The molecule has 10 nitrogen and oxygen atoms in total. The number of carbonyl (C=O) groups excluding carboxylic acids is 3. The fourth-order valence-electron chi connectivity index (χ4n) is 6.04. The minimum absolute atomic E-state index is 0.172. The van der Waals surface area contributed by atoms with Crippen LogP contribution < -0.4 is 5.32 Å². The second-order valence-corrected chi connectivity index (χ2v) is 14.1. The van der Waals surface area contributed by atoms with E-state index in [0.717, 1.165) is 38.5 Å². The molecule has 0 aromatic carbocycles. The van der Waals surface area contributed by atoms with E-state index in [1.165, 1.54) is 122 Å². The lowest BCUT2D eigenvalue weighted by atomic mass is 10.0. The van der Waals surface area contributed by atoms with Gasteiger partial charge in [-0.2, -0.15) is 0 Å². The topological polar surface area (TPSA) is 148 Å². The molecule has 292 valence electrons. The highest BCUT2D eigenvalue weighted by Crippen LogP contribution is 2.15. The van der Waals surface area contributed by atoms with Crippen LogP contribution in [0.15, 0.2) is 5.18 Å². The van der Waals surface area contributed by atoms with E-state index in [2.05, 4.69) is 24.3 Å². The molecule has 1 amide bonds. The predicted octanol–water partition coefficient (Wildman–Crippen LogP) is 10.5. The fourth-order valence-corrected chi connectivity index (χ4v) is 6.04. The Kier molecular flexibility index (Phi) is 34.4. The monoisotopic (exact) mass is 711 g/mol. The summed E-state index contributed by atoms with van der Waals surface area (Å²) in [6, 6.07) is -1.37. The second kappa shape index (κ2) is 36.3. The molecule has 0 aliphatic rings. The first-order valence-corrected chi connectivity index (χ1v) is 20.5. The first-order valence-electron chi connectivity index (χ1n) is 20.5. The van der Waals surface area contributed by atoms with Gasteiger partial charge in [0.1, 0.15) is 6.61 Å². The molecule has 0 radical (unpaired) electrons. The summed E-state index contributed by atoms with van der Waals surface area (Å²) in [6.07, 6.45) is 30.3. The summed E-state index contributed by atoms with van der Waals surface area (Å²) in [5, 5.41) is 14.1. The molecule has 0 saturated heterocycles. The molecule has 0 bridgehead atoms. The van der Waals surface area contributed by atoms with Crippen molar-refractivity contribution >= 4 is 23.8 Å². The standard InChI is InChI=1S/C40H74N2O8/c1-3-5-7-9-11-13-15-17-19-21-23-25-27-29-38(45)49-34-35(33-41-40(47)36(42-48)31-32-37(43)44)50-39(46)30-28-26-24-22-20-18-16-14-12-10-8-6-4-2/h35-36H,3-34H2,1-2H3,(H,41,47)(H,43,44). The molecule has 10 heteroatoms.